The molecule has 2 unspecified atom stereocenters. The highest BCUT2D eigenvalue weighted by atomic mass is 19.1. The Kier molecular flexibility index (Phi) is 7.05. The van der Waals surface area contributed by atoms with Gasteiger partial charge in [-0.15, -0.1) is 0 Å². The third-order valence-electron chi connectivity index (χ3n) is 6.11. The predicted molar refractivity (Wildman–Crippen MR) is 105 cm³/mol. The zero-order valence-corrected chi connectivity index (χ0v) is 16.9. The first kappa shape index (κ1) is 20.8. The Bertz CT molecular complexity index is 703. The molecule has 0 spiro atoms. The SMILES string of the molecule is COCCNC(=O)C1CCC(c2ccc(F)c(C)c2)N(C(=O)C2CCCC2)C1. The van der Waals surface area contributed by atoms with E-state index in [1.165, 1.54) is 6.07 Å². The van der Waals surface area contributed by atoms with Crippen molar-refractivity contribution in [3.8, 4) is 0 Å². The molecule has 0 aromatic heterocycles. The van der Waals surface area contributed by atoms with Crippen LogP contribution in [0.1, 0.15) is 55.7 Å². The Morgan fingerprint density at radius 2 is 1.93 bits per heavy atom. The molecule has 1 aliphatic carbocycles. The molecule has 0 bridgehead atoms. The minimum absolute atomic E-state index is 0.0185. The van der Waals surface area contributed by atoms with E-state index in [4.69, 9.17) is 4.74 Å². The summed E-state index contributed by atoms with van der Waals surface area (Å²) in [6, 6.07) is 5.01. The molecule has 1 N–H and O–H groups in total. The van der Waals surface area contributed by atoms with E-state index in [0.29, 0.717) is 38.1 Å². The molecule has 6 heteroatoms. The van der Waals surface area contributed by atoms with Gasteiger partial charge in [0, 0.05) is 26.1 Å². The van der Waals surface area contributed by atoms with Gasteiger partial charge in [-0.1, -0.05) is 25.0 Å². The van der Waals surface area contributed by atoms with Crippen LogP contribution in [0.2, 0.25) is 0 Å². The Morgan fingerprint density at radius 1 is 1.18 bits per heavy atom. The van der Waals surface area contributed by atoms with E-state index < -0.39 is 0 Å². The van der Waals surface area contributed by atoms with Gasteiger partial charge in [-0.3, -0.25) is 9.59 Å². The van der Waals surface area contributed by atoms with Gasteiger partial charge in [-0.2, -0.15) is 0 Å². The van der Waals surface area contributed by atoms with Gasteiger partial charge in [0.1, 0.15) is 5.82 Å². The van der Waals surface area contributed by atoms with Crippen molar-refractivity contribution in [1.82, 2.24) is 10.2 Å². The van der Waals surface area contributed by atoms with Gasteiger partial charge in [0.2, 0.25) is 11.8 Å². The average molecular weight is 390 g/mol. The first-order valence-corrected chi connectivity index (χ1v) is 10.3. The number of nitrogens with zero attached hydrogens (tertiary/aromatic N) is 1. The van der Waals surface area contributed by atoms with E-state index >= 15 is 0 Å². The molecule has 2 amide bonds. The molecule has 1 aromatic rings. The normalized spacial score (nSPS) is 23.0. The molecule has 28 heavy (non-hydrogen) atoms. The summed E-state index contributed by atoms with van der Waals surface area (Å²) in [5, 5.41) is 2.90. The summed E-state index contributed by atoms with van der Waals surface area (Å²) in [6.45, 7) is 3.12. The fraction of sp³-hybridized carbons (Fsp3) is 0.636. The summed E-state index contributed by atoms with van der Waals surface area (Å²) in [5.74, 6) is -0.253. The lowest BCUT2D eigenvalue weighted by Crippen LogP contribution is -2.48. The Hall–Kier alpha value is -1.95. The number of ether oxygens (including phenoxy) is 1. The maximum Gasteiger partial charge on any atom is 0.226 e. The highest BCUT2D eigenvalue weighted by molar-refractivity contribution is 5.83. The molecule has 5 nitrogen and oxygen atoms in total. The smallest absolute Gasteiger partial charge is 0.226 e. The first-order valence-electron chi connectivity index (χ1n) is 10.3. The van der Waals surface area contributed by atoms with Crippen molar-refractivity contribution in [2.75, 3.05) is 26.8 Å². The second-order valence-corrected chi connectivity index (χ2v) is 8.05. The number of likely N-dealkylation sites (tertiary alicyclic amines) is 1. The van der Waals surface area contributed by atoms with Crippen LogP contribution in [0, 0.1) is 24.6 Å². The lowest BCUT2D eigenvalue weighted by molar-refractivity contribution is -0.142. The second-order valence-electron chi connectivity index (χ2n) is 8.05. The van der Waals surface area contributed by atoms with Gasteiger partial charge in [-0.05, 0) is 49.8 Å². The number of nitrogens with one attached hydrogen (secondary N) is 1. The number of hydrogen-bond donors (Lipinski definition) is 1. The maximum atomic E-state index is 13.7. The largest absolute Gasteiger partial charge is 0.383 e. The minimum Gasteiger partial charge on any atom is -0.383 e. The van der Waals surface area contributed by atoms with Crippen molar-refractivity contribution < 1.29 is 18.7 Å². The number of piperidine rings is 1. The third-order valence-corrected chi connectivity index (χ3v) is 6.11. The van der Waals surface area contributed by atoms with Crippen LogP contribution in [-0.4, -0.2) is 43.5 Å². The summed E-state index contributed by atoms with van der Waals surface area (Å²) < 4.78 is 18.7. The van der Waals surface area contributed by atoms with Crippen LogP contribution in [0.25, 0.3) is 0 Å². The monoisotopic (exact) mass is 390 g/mol. The maximum absolute atomic E-state index is 13.7. The second kappa shape index (κ2) is 9.50. The van der Waals surface area contributed by atoms with E-state index in [0.717, 1.165) is 31.2 Å². The Labute approximate surface area is 166 Å². The molecule has 0 radical (unpaired) electrons. The number of benzene rings is 1. The molecule has 1 saturated heterocycles. The average Bonchev–Trinajstić information content (AvgIpc) is 3.24. The van der Waals surface area contributed by atoms with Crippen molar-refractivity contribution in [2.45, 2.75) is 51.5 Å². The minimum atomic E-state index is -0.233. The number of aryl methyl sites for hydroxylation is 1. The summed E-state index contributed by atoms with van der Waals surface area (Å²) in [5.41, 5.74) is 1.55. The Morgan fingerprint density at radius 3 is 2.61 bits per heavy atom. The summed E-state index contributed by atoms with van der Waals surface area (Å²) >= 11 is 0. The van der Waals surface area contributed by atoms with Gasteiger partial charge in [0.25, 0.3) is 0 Å². The fourth-order valence-electron chi connectivity index (χ4n) is 4.48. The van der Waals surface area contributed by atoms with Crippen LogP contribution >= 0.6 is 0 Å². The van der Waals surface area contributed by atoms with Gasteiger partial charge in [0.05, 0.1) is 18.6 Å². The van der Waals surface area contributed by atoms with Gasteiger partial charge in [0.15, 0.2) is 0 Å². The number of halogens is 1. The lowest BCUT2D eigenvalue weighted by atomic mass is 9.86. The number of hydrogen-bond acceptors (Lipinski definition) is 3. The van der Waals surface area contributed by atoms with E-state index in [2.05, 4.69) is 5.32 Å². The highest BCUT2D eigenvalue weighted by Crippen LogP contribution is 2.37. The van der Waals surface area contributed by atoms with E-state index in [9.17, 15) is 14.0 Å². The van der Waals surface area contributed by atoms with Crippen LogP contribution in [0.15, 0.2) is 18.2 Å². The number of carbonyl (C=O) groups excluding carboxylic acids is 2. The molecule has 2 atom stereocenters. The van der Waals surface area contributed by atoms with Crippen LogP contribution in [0.5, 0.6) is 0 Å². The first-order chi connectivity index (χ1) is 13.5. The third kappa shape index (κ3) is 4.72. The quantitative estimate of drug-likeness (QED) is 0.758. The van der Waals surface area contributed by atoms with E-state index in [1.54, 1.807) is 20.1 Å². The van der Waals surface area contributed by atoms with Crippen LogP contribution < -0.4 is 5.32 Å². The molecule has 1 aliphatic heterocycles. The number of methoxy groups -OCH3 is 1. The molecule has 2 aliphatic rings. The fourth-order valence-corrected chi connectivity index (χ4v) is 4.48. The van der Waals surface area contributed by atoms with Gasteiger partial charge in [-0.25, -0.2) is 4.39 Å². The summed E-state index contributed by atoms with van der Waals surface area (Å²) in [7, 11) is 1.60. The van der Waals surface area contributed by atoms with Crippen molar-refractivity contribution in [1.29, 1.82) is 0 Å². The number of amides is 2. The summed E-state index contributed by atoms with van der Waals surface area (Å²) in [4.78, 5) is 27.7. The number of rotatable bonds is 6. The van der Waals surface area contributed by atoms with Crippen LogP contribution in [-0.2, 0) is 14.3 Å². The van der Waals surface area contributed by atoms with Crippen molar-refractivity contribution >= 4 is 11.8 Å². The van der Waals surface area contributed by atoms with Crippen LogP contribution in [0.4, 0.5) is 4.39 Å². The molecule has 154 valence electrons. The molecule has 1 heterocycles. The summed E-state index contributed by atoms with van der Waals surface area (Å²) in [6.07, 6.45) is 5.46. The Balaban J connectivity index is 1.78. The van der Waals surface area contributed by atoms with Crippen molar-refractivity contribution in [2.24, 2.45) is 11.8 Å². The van der Waals surface area contributed by atoms with Crippen LogP contribution in [0.3, 0.4) is 0 Å². The standard InChI is InChI=1S/C22H31FN2O3/c1-15-13-17(7-9-19(15)23)20-10-8-18(21(26)24-11-12-28-2)14-25(20)22(27)16-5-3-4-6-16/h7,9,13,16,18,20H,3-6,8,10-12,14H2,1-2H3,(H,24,26). The van der Waals surface area contributed by atoms with Crippen molar-refractivity contribution in [3.63, 3.8) is 0 Å². The molecular formula is C22H31FN2O3. The van der Waals surface area contributed by atoms with E-state index in [-0.39, 0.29) is 35.5 Å². The molecule has 1 aromatic carbocycles. The molecule has 3 rings (SSSR count). The van der Waals surface area contributed by atoms with Gasteiger partial charge >= 0.3 is 0 Å². The highest BCUT2D eigenvalue weighted by Gasteiger charge is 2.38. The molecule has 1 saturated carbocycles. The molecule has 2 fully saturated rings. The topological polar surface area (TPSA) is 58.6 Å². The lowest BCUT2D eigenvalue weighted by Gasteiger charge is -2.41. The predicted octanol–water partition coefficient (Wildman–Crippen LogP) is 3.37. The zero-order chi connectivity index (χ0) is 20.1. The van der Waals surface area contributed by atoms with Gasteiger partial charge < -0.3 is 15.0 Å². The molecular weight excluding hydrogens is 359 g/mol. The zero-order valence-electron chi connectivity index (χ0n) is 16.9. The van der Waals surface area contributed by atoms with Crippen molar-refractivity contribution in [3.05, 3.63) is 35.1 Å². The van der Waals surface area contributed by atoms with E-state index in [1.807, 2.05) is 11.0 Å². The number of carbonyl (C=O) groups is 2.